The van der Waals surface area contributed by atoms with Crippen LogP contribution in [0.3, 0.4) is 0 Å². The van der Waals surface area contributed by atoms with Crippen molar-refractivity contribution in [1.29, 1.82) is 0 Å². The average molecular weight is 234 g/mol. The highest BCUT2D eigenvalue weighted by Crippen LogP contribution is 2.08. The first kappa shape index (κ1) is 14.3. The molecule has 0 fully saturated rings. The van der Waals surface area contributed by atoms with Crippen LogP contribution >= 0.6 is 12.6 Å². The Bertz CT molecular complexity index is 220. The number of thiol groups is 1. The van der Waals surface area contributed by atoms with Crippen LogP contribution < -0.4 is 0 Å². The van der Waals surface area contributed by atoms with Gasteiger partial charge in [-0.3, -0.25) is 9.59 Å². The number of carbonyl (C=O) groups excluding carboxylic acids is 2. The molecule has 0 rings (SSSR count). The molecule has 15 heavy (non-hydrogen) atoms. The molecule has 0 aromatic heterocycles. The number of rotatable bonds is 5. The Hall–Kier alpha value is -0.710. The van der Waals surface area contributed by atoms with Crippen molar-refractivity contribution in [3.05, 3.63) is 0 Å². The van der Waals surface area contributed by atoms with Crippen molar-refractivity contribution < 1.29 is 19.1 Å². The summed E-state index contributed by atoms with van der Waals surface area (Å²) < 4.78 is 9.74. The van der Waals surface area contributed by atoms with E-state index in [-0.39, 0.29) is 6.42 Å². The van der Waals surface area contributed by atoms with E-state index in [1.807, 2.05) is 0 Å². The van der Waals surface area contributed by atoms with Crippen molar-refractivity contribution in [2.24, 2.45) is 0 Å². The van der Waals surface area contributed by atoms with Gasteiger partial charge in [-0.1, -0.05) is 0 Å². The van der Waals surface area contributed by atoms with Gasteiger partial charge in [-0.2, -0.15) is 12.6 Å². The molecule has 0 heterocycles. The number of hydrogen-bond acceptors (Lipinski definition) is 5. The second-order valence-electron chi connectivity index (χ2n) is 4.06. The van der Waals surface area contributed by atoms with Gasteiger partial charge in [0, 0.05) is 0 Å². The fourth-order valence-electron chi connectivity index (χ4n) is 0.797. The van der Waals surface area contributed by atoms with Crippen LogP contribution in [-0.4, -0.2) is 29.9 Å². The fourth-order valence-corrected chi connectivity index (χ4v) is 0.926. The van der Waals surface area contributed by atoms with Crippen LogP contribution in [-0.2, 0) is 19.1 Å². The van der Waals surface area contributed by atoms with Crippen molar-refractivity contribution >= 4 is 24.6 Å². The topological polar surface area (TPSA) is 52.6 Å². The van der Waals surface area contributed by atoms with E-state index in [1.54, 1.807) is 20.8 Å². The average Bonchev–Trinajstić information content (AvgIpc) is 2.00. The normalized spacial score (nSPS) is 10.9. The van der Waals surface area contributed by atoms with E-state index in [9.17, 15) is 9.59 Å². The Morgan fingerprint density at radius 2 is 1.80 bits per heavy atom. The van der Waals surface area contributed by atoms with Crippen LogP contribution in [0.2, 0.25) is 0 Å². The molecule has 0 amide bonds. The predicted octanol–water partition coefficient (Wildman–Crippen LogP) is 1.58. The minimum absolute atomic E-state index is 0.297. The molecule has 0 saturated carbocycles. The third kappa shape index (κ3) is 9.59. The van der Waals surface area contributed by atoms with Gasteiger partial charge in [0.1, 0.15) is 12.0 Å². The lowest BCUT2D eigenvalue weighted by Gasteiger charge is -2.18. The second kappa shape index (κ2) is 6.71. The van der Waals surface area contributed by atoms with Crippen LogP contribution in [0.1, 0.15) is 33.6 Å². The van der Waals surface area contributed by atoms with Gasteiger partial charge in [0.05, 0.1) is 6.61 Å². The lowest BCUT2D eigenvalue weighted by atomic mass is 10.2. The maximum atomic E-state index is 11.2. The van der Waals surface area contributed by atoms with E-state index in [0.717, 1.165) is 0 Å². The maximum absolute atomic E-state index is 11.2. The minimum Gasteiger partial charge on any atom is -0.465 e. The van der Waals surface area contributed by atoms with Gasteiger partial charge >= 0.3 is 11.9 Å². The zero-order valence-electron chi connectivity index (χ0n) is 9.41. The zero-order valence-corrected chi connectivity index (χ0v) is 10.3. The van der Waals surface area contributed by atoms with Crippen molar-refractivity contribution in [1.82, 2.24) is 0 Å². The van der Waals surface area contributed by atoms with Gasteiger partial charge in [0.2, 0.25) is 0 Å². The molecular weight excluding hydrogens is 216 g/mol. The molecule has 0 aliphatic carbocycles. The molecule has 0 unspecified atom stereocenters. The molecule has 0 N–H and O–H groups in total. The second-order valence-corrected chi connectivity index (χ2v) is 4.51. The fraction of sp³-hybridized carbons (Fsp3) is 0.800. The van der Waals surface area contributed by atoms with Crippen LogP contribution in [0.4, 0.5) is 0 Å². The molecular formula is C10H18O4S. The molecule has 0 spiro atoms. The summed E-state index contributed by atoms with van der Waals surface area (Å²) >= 11 is 3.97. The molecule has 0 radical (unpaired) electrons. The lowest BCUT2D eigenvalue weighted by Crippen LogP contribution is -2.25. The largest absolute Gasteiger partial charge is 0.465 e. The van der Waals surface area contributed by atoms with Gasteiger partial charge in [-0.05, 0) is 32.9 Å². The van der Waals surface area contributed by atoms with Crippen molar-refractivity contribution in [2.45, 2.75) is 39.2 Å². The molecule has 88 valence electrons. The monoisotopic (exact) mass is 234 g/mol. The molecule has 0 aromatic carbocycles. The van der Waals surface area contributed by atoms with Crippen LogP contribution in [0.15, 0.2) is 0 Å². The first-order chi connectivity index (χ1) is 6.85. The quantitative estimate of drug-likeness (QED) is 0.339. The summed E-state index contributed by atoms with van der Waals surface area (Å²) in [6.45, 7) is 5.54. The van der Waals surface area contributed by atoms with Gasteiger partial charge in [-0.25, -0.2) is 0 Å². The number of esters is 2. The standard InChI is InChI=1S/C10H18O4S/c1-10(2,3)14-9(12)7-8(11)13-5-4-6-15/h15H,4-7H2,1-3H3. The van der Waals surface area contributed by atoms with Crippen molar-refractivity contribution in [2.75, 3.05) is 12.4 Å². The Kier molecular flexibility index (Phi) is 6.40. The predicted molar refractivity (Wildman–Crippen MR) is 59.9 cm³/mol. The smallest absolute Gasteiger partial charge is 0.317 e. The first-order valence-electron chi connectivity index (χ1n) is 4.83. The van der Waals surface area contributed by atoms with E-state index < -0.39 is 17.5 Å². The molecule has 0 aromatic rings. The highest BCUT2D eigenvalue weighted by atomic mass is 32.1. The summed E-state index contributed by atoms with van der Waals surface area (Å²) in [6, 6.07) is 0. The number of carbonyl (C=O) groups is 2. The van der Waals surface area contributed by atoms with Crippen LogP contribution in [0, 0.1) is 0 Å². The highest BCUT2D eigenvalue weighted by molar-refractivity contribution is 7.80. The number of hydrogen-bond donors (Lipinski definition) is 1. The summed E-state index contributed by atoms with van der Waals surface area (Å²) in [5.74, 6) is -0.455. The van der Waals surface area contributed by atoms with Gasteiger partial charge in [0.15, 0.2) is 0 Å². The lowest BCUT2D eigenvalue weighted by molar-refractivity contribution is -0.161. The van der Waals surface area contributed by atoms with E-state index in [4.69, 9.17) is 9.47 Å². The van der Waals surface area contributed by atoms with E-state index >= 15 is 0 Å². The Balaban J connectivity index is 3.72. The highest BCUT2D eigenvalue weighted by Gasteiger charge is 2.19. The van der Waals surface area contributed by atoms with E-state index in [1.165, 1.54) is 0 Å². The van der Waals surface area contributed by atoms with Crippen LogP contribution in [0.25, 0.3) is 0 Å². The van der Waals surface area contributed by atoms with Gasteiger partial charge < -0.3 is 9.47 Å². The molecule has 0 aliphatic heterocycles. The number of ether oxygens (including phenoxy) is 2. The molecule has 0 saturated heterocycles. The molecule has 0 atom stereocenters. The molecule has 4 nitrogen and oxygen atoms in total. The van der Waals surface area contributed by atoms with E-state index in [0.29, 0.717) is 18.8 Å². The molecule has 0 aliphatic rings. The summed E-state index contributed by atoms with van der Waals surface area (Å²) in [7, 11) is 0. The maximum Gasteiger partial charge on any atom is 0.317 e. The zero-order chi connectivity index (χ0) is 11.9. The Morgan fingerprint density at radius 3 is 2.27 bits per heavy atom. The summed E-state index contributed by atoms with van der Waals surface area (Å²) in [5, 5.41) is 0. The van der Waals surface area contributed by atoms with Crippen molar-refractivity contribution in [3.63, 3.8) is 0 Å². The Morgan fingerprint density at radius 1 is 1.20 bits per heavy atom. The SMILES string of the molecule is CC(C)(C)OC(=O)CC(=O)OCCCS. The van der Waals surface area contributed by atoms with E-state index in [2.05, 4.69) is 12.6 Å². The van der Waals surface area contributed by atoms with Crippen LogP contribution in [0.5, 0.6) is 0 Å². The summed E-state index contributed by atoms with van der Waals surface area (Å²) in [6.07, 6.45) is 0.354. The van der Waals surface area contributed by atoms with Crippen molar-refractivity contribution in [3.8, 4) is 0 Å². The van der Waals surface area contributed by atoms with Gasteiger partial charge in [0.25, 0.3) is 0 Å². The summed E-state index contributed by atoms with van der Waals surface area (Å²) in [5.41, 5.74) is -0.567. The third-order valence-corrected chi connectivity index (χ3v) is 1.59. The molecule has 5 heteroatoms. The molecule has 0 bridgehead atoms. The summed E-state index contributed by atoms with van der Waals surface area (Å²) in [4.78, 5) is 22.2. The minimum atomic E-state index is -0.567. The Labute approximate surface area is 95.7 Å². The first-order valence-corrected chi connectivity index (χ1v) is 5.47. The van der Waals surface area contributed by atoms with Gasteiger partial charge in [-0.15, -0.1) is 0 Å². The third-order valence-electron chi connectivity index (χ3n) is 1.27.